The van der Waals surface area contributed by atoms with Crippen molar-refractivity contribution in [2.45, 2.75) is 70.1 Å². The molecular formula is C17H34N2O6. The maximum Gasteiger partial charge on any atom is 0.220 e. The molecule has 1 amide bonds. The number of hydrogen-bond donors (Lipinski definition) is 5. The van der Waals surface area contributed by atoms with Gasteiger partial charge in [-0.1, -0.05) is 19.8 Å². The van der Waals surface area contributed by atoms with E-state index in [9.17, 15) is 15.0 Å². The van der Waals surface area contributed by atoms with Crippen LogP contribution in [0.1, 0.15) is 45.4 Å². The molecule has 1 fully saturated rings. The molecule has 0 aromatic heterocycles. The number of hydrogen-bond acceptors (Lipinski definition) is 7. The summed E-state index contributed by atoms with van der Waals surface area (Å²) in [4.78, 5) is 11.7. The second-order valence-corrected chi connectivity index (χ2v) is 6.59. The highest BCUT2D eigenvalue weighted by Crippen LogP contribution is 2.26. The van der Waals surface area contributed by atoms with Crippen molar-refractivity contribution in [3.05, 3.63) is 0 Å². The lowest BCUT2D eigenvalue weighted by atomic mass is 9.92. The molecule has 8 heteroatoms. The molecule has 0 aliphatic carbocycles. The number of amides is 1. The maximum absolute atomic E-state index is 11.7. The van der Waals surface area contributed by atoms with Gasteiger partial charge < -0.3 is 35.8 Å². The summed E-state index contributed by atoms with van der Waals surface area (Å²) >= 11 is 0. The maximum atomic E-state index is 11.7. The highest BCUT2D eigenvalue weighted by Gasteiger charge is 2.42. The van der Waals surface area contributed by atoms with Crippen LogP contribution in [0.3, 0.4) is 0 Å². The van der Waals surface area contributed by atoms with Crippen molar-refractivity contribution in [1.82, 2.24) is 5.32 Å². The molecule has 148 valence electrons. The van der Waals surface area contributed by atoms with E-state index in [1.807, 2.05) is 0 Å². The van der Waals surface area contributed by atoms with E-state index in [0.29, 0.717) is 32.5 Å². The van der Waals surface area contributed by atoms with Crippen molar-refractivity contribution in [1.29, 1.82) is 0 Å². The molecule has 0 aromatic rings. The lowest BCUT2D eigenvalue weighted by Crippen LogP contribution is -2.55. The molecule has 5 unspecified atom stereocenters. The molecule has 1 heterocycles. The van der Waals surface area contributed by atoms with Crippen LogP contribution in [0, 0.1) is 5.92 Å². The van der Waals surface area contributed by atoms with Gasteiger partial charge in [0, 0.05) is 18.9 Å². The molecule has 0 spiro atoms. The van der Waals surface area contributed by atoms with Crippen LogP contribution in [0.15, 0.2) is 0 Å². The predicted molar refractivity (Wildman–Crippen MR) is 92.6 cm³/mol. The molecule has 0 saturated carbocycles. The fraction of sp³-hybridized carbons (Fsp3) is 0.941. The fourth-order valence-electron chi connectivity index (χ4n) is 2.78. The highest BCUT2D eigenvalue weighted by molar-refractivity contribution is 5.75. The number of carbonyl (C=O) groups is 1. The second-order valence-electron chi connectivity index (χ2n) is 6.59. The molecule has 0 bridgehead atoms. The standard InChI is InChI=1S/C17H34N2O6/c1-12-15(22)16(23)13(11-20)25-17(12)24-10-6-7-14(21)19-9-5-3-2-4-8-18/h12-13,15-17,20,22-23H,2-11,18H2,1H3,(H,19,21). The van der Waals surface area contributed by atoms with Crippen molar-refractivity contribution in [3.63, 3.8) is 0 Å². The number of nitrogens with one attached hydrogen (secondary N) is 1. The lowest BCUT2D eigenvalue weighted by molar-refractivity contribution is -0.282. The zero-order valence-corrected chi connectivity index (χ0v) is 15.1. The lowest BCUT2D eigenvalue weighted by Gasteiger charge is -2.40. The van der Waals surface area contributed by atoms with Gasteiger partial charge in [0.2, 0.25) is 5.91 Å². The summed E-state index contributed by atoms with van der Waals surface area (Å²) in [6.45, 7) is 3.02. The number of aliphatic hydroxyl groups is 3. The van der Waals surface area contributed by atoms with E-state index < -0.39 is 37.1 Å². The molecule has 5 atom stereocenters. The van der Waals surface area contributed by atoms with Gasteiger partial charge in [-0.05, 0) is 25.8 Å². The third-order valence-electron chi connectivity index (χ3n) is 4.47. The van der Waals surface area contributed by atoms with Gasteiger partial charge in [-0.25, -0.2) is 0 Å². The summed E-state index contributed by atoms with van der Waals surface area (Å²) in [5, 5.41) is 31.8. The first kappa shape index (κ1) is 22.3. The Kier molecular flexibility index (Phi) is 11.2. The number of rotatable bonds is 12. The van der Waals surface area contributed by atoms with E-state index in [4.69, 9.17) is 20.3 Å². The van der Waals surface area contributed by atoms with Crippen LogP contribution in [0.5, 0.6) is 0 Å². The Morgan fingerprint density at radius 1 is 1.16 bits per heavy atom. The highest BCUT2D eigenvalue weighted by atomic mass is 16.7. The van der Waals surface area contributed by atoms with E-state index in [-0.39, 0.29) is 5.91 Å². The Bertz CT molecular complexity index is 369. The van der Waals surface area contributed by atoms with E-state index in [2.05, 4.69) is 5.32 Å². The number of unbranched alkanes of at least 4 members (excludes halogenated alkanes) is 3. The van der Waals surface area contributed by atoms with Crippen molar-refractivity contribution in [2.75, 3.05) is 26.3 Å². The van der Waals surface area contributed by atoms with Gasteiger partial charge in [-0.2, -0.15) is 0 Å². The van der Waals surface area contributed by atoms with Gasteiger partial charge in [0.25, 0.3) is 0 Å². The summed E-state index contributed by atoms with van der Waals surface area (Å²) < 4.78 is 11.0. The van der Waals surface area contributed by atoms with Crippen LogP contribution in [0.25, 0.3) is 0 Å². The first-order valence-electron chi connectivity index (χ1n) is 9.22. The number of aliphatic hydroxyl groups excluding tert-OH is 3. The molecule has 0 radical (unpaired) electrons. The van der Waals surface area contributed by atoms with Gasteiger partial charge in [-0.3, -0.25) is 4.79 Å². The van der Waals surface area contributed by atoms with E-state index >= 15 is 0 Å². The molecule has 0 aromatic carbocycles. The fourth-order valence-corrected chi connectivity index (χ4v) is 2.78. The average Bonchev–Trinajstić information content (AvgIpc) is 2.61. The van der Waals surface area contributed by atoms with Gasteiger partial charge in [-0.15, -0.1) is 0 Å². The van der Waals surface area contributed by atoms with Crippen LogP contribution >= 0.6 is 0 Å². The quantitative estimate of drug-likeness (QED) is 0.295. The number of nitrogens with two attached hydrogens (primary N) is 1. The van der Waals surface area contributed by atoms with E-state index in [1.165, 1.54) is 0 Å². The van der Waals surface area contributed by atoms with Crippen molar-refractivity contribution in [2.24, 2.45) is 11.7 Å². The molecule has 1 aliphatic heterocycles. The minimum Gasteiger partial charge on any atom is -0.394 e. The summed E-state index contributed by atoms with van der Waals surface area (Å²) in [6.07, 6.45) is 1.32. The number of ether oxygens (including phenoxy) is 2. The average molecular weight is 362 g/mol. The molecular weight excluding hydrogens is 328 g/mol. The Labute approximate surface area is 149 Å². The van der Waals surface area contributed by atoms with Crippen LogP contribution in [-0.2, 0) is 14.3 Å². The van der Waals surface area contributed by atoms with E-state index in [1.54, 1.807) is 6.92 Å². The Balaban J connectivity index is 2.12. The molecule has 25 heavy (non-hydrogen) atoms. The smallest absolute Gasteiger partial charge is 0.220 e. The largest absolute Gasteiger partial charge is 0.394 e. The van der Waals surface area contributed by atoms with Crippen LogP contribution < -0.4 is 11.1 Å². The van der Waals surface area contributed by atoms with Crippen LogP contribution in [-0.4, -0.2) is 72.1 Å². The SMILES string of the molecule is CC1C(OCCCC(=O)NCCCCCCN)OC(CO)C(O)C1O. The monoisotopic (exact) mass is 362 g/mol. The Morgan fingerprint density at radius 2 is 1.88 bits per heavy atom. The summed E-state index contributed by atoms with van der Waals surface area (Å²) in [6, 6.07) is 0. The molecule has 6 N–H and O–H groups in total. The number of carbonyl (C=O) groups excluding carboxylic acids is 1. The van der Waals surface area contributed by atoms with Gasteiger partial charge in [0.15, 0.2) is 6.29 Å². The third-order valence-corrected chi connectivity index (χ3v) is 4.47. The summed E-state index contributed by atoms with van der Waals surface area (Å²) in [5.74, 6) is -0.427. The summed E-state index contributed by atoms with van der Waals surface area (Å²) in [7, 11) is 0. The van der Waals surface area contributed by atoms with E-state index in [0.717, 1.165) is 25.7 Å². The van der Waals surface area contributed by atoms with Gasteiger partial charge >= 0.3 is 0 Å². The van der Waals surface area contributed by atoms with Gasteiger partial charge in [0.1, 0.15) is 12.2 Å². The zero-order valence-electron chi connectivity index (χ0n) is 15.1. The van der Waals surface area contributed by atoms with Crippen molar-refractivity contribution in [3.8, 4) is 0 Å². The minimum atomic E-state index is -1.13. The van der Waals surface area contributed by atoms with Crippen molar-refractivity contribution < 1.29 is 29.6 Å². The second kappa shape index (κ2) is 12.6. The zero-order chi connectivity index (χ0) is 18.7. The Morgan fingerprint density at radius 3 is 2.56 bits per heavy atom. The molecule has 1 aliphatic rings. The topological polar surface area (TPSA) is 134 Å². The normalized spacial score (nSPS) is 29.6. The van der Waals surface area contributed by atoms with Crippen LogP contribution in [0.2, 0.25) is 0 Å². The predicted octanol–water partition coefficient (Wildman–Crippen LogP) is -0.506. The first-order chi connectivity index (χ1) is 12.0. The molecule has 1 saturated heterocycles. The van der Waals surface area contributed by atoms with Crippen LogP contribution in [0.4, 0.5) is 0 Å². The molecule has 8 nitrogen and oxygen atoms in total. The Hall–Kier alpha value is -0.770. The van der Waals surface area contributed by atoms with Gasteiger partial charge in [0.05, 0.1) is 19.3 Å². The summed E-state index contributed by atoms with van der Waals surface area (Å²) in [5.41, 5.74) is 5.42. The molecule has 1 rings (SSSR count). The third kappa shape index (κ3) is 7.98. The first-order valence-corrected chi connectivity index (χ1v) is 9.22. The minimum absolute atomic E-state index is 0.0104. The van der Waals surface area contributed by atoms with Crippen molar-refractivity contribution >= 4 is 5.91 Å².